The molecular weight excluding hydrogens is 407 g/mol. The van der Waals surface area contributed by atoms with Gasteiger partial charge in [0.1, 0.15) is 5.82 Å². The summed E-state index contributed by atoms with van der Waals surface area (Å²) in [4.78, 5) is 30.2. The van der Waals surface area contributed by atoms with Gasteiger partial charge in [-0.3, -0.25) is 14.3 Å². The van der Waals surface area contributed by atoms with Gasteiger partial charge in [0.2, 0.25) is 0 Å². The highest BCUT2D eigenvalue weighted by Gasteiger charge is 2.68. The minimum absolute atomic E-state index is 0.00254. The maximum Gasteiger partial charge on any atom is 0.335 e. The number of hydroxylamine groups is 3. The number of carbonyl (C=O) groups is 1. The number of Topliss-reactive ketones (excluding diaryl/α,β-unsaturated/α-hetero) is 1. The standard InChI is InChI=1S/C21H26FN4O3S/c22-16-3-5-17(6-4-16)24-11-9-23(10-12-24)8-7-19-25(28)20-14-21(15-30-20)18(27)2-1-13-26(19,21)29/h3-6,14,19H,1-2,7-13,15H2/q+1. The number of quaternary nitrogens is 1. The van der Waals surface area contributed by atoms with Crippen LogP contribution in [0.3, 0.4) is 0 Å². The van der Waals surface area contributed by atoms with E-state index in [1.807, 2.05) is 0 Å². The molecule has 0 radical (unpaired) electrons. The average molecular weight is 434 g/mol. The van der Waals surface area contributed by atoms with E-state index < -0.39 is 16.4 Å². The van der Waals surface area contributed by atoms with E-state index >= 15 is 0 Å². The minimum atomic E-state index is -1.05. The predicted octanol–water partition coefficient (Wildman–Crippen LogP) is 2.46. The van der Waals surface area contributed by atoms with E-state index in [0.29, 0.717) is 43.1 Å². The van der Waals surface area contributed by atoms with Crippen molar-refractivity contribution in [2.45, 2.75) is 31.0 Å². The Morgan fingerprint density at radius 3 is 2.70 bits per heavy atom. The van der Waals surface area contributed by atoms with Crippen molar-refractivity contribution in [3.05, 3.63) is 51.3 Å². The zero-order valence-electron chi connectivity index (χ0n) is 16.8. The summed E-state index contributed by atoms with van der Waals surface area (Å²) in [7, 11) is 0. The Balaban J connectivity index is 1.25. The van der Waals surface area contributed by atoms with Crippen molar-refractivity contribution in [3.63, 3.8) is 0 Å². The van der Waals surface area contributed by atoms with Crippen molar-refractivity contribution in [3.8, 4) is 0 Å². The van der Waals surface area contributed by atoms with Gasteiger partial charge in [-0.05, 0) is 36.0 Å². The lowest BCUT2D eigenvalue weighted by Gasteiger charge is -2.55. The van der Waals surface area contributed by atoms with Gasteiger partial charge in [0.15, 0.2) is 11.3 Å². The van der Waals surface area contributed by atoms with E-state index in [-0.39, 0.29) is 11.6 Å². The van der Waals surface area contributed by atoms with E-state index in [9.17, 15) is 19.3 Å². The maximum absolute atomic E-state index is 13.9. The Morgan fingerprint density at radius 2 is 1.97 bits per heavy atom. The van der Waals surface area contributed by atoms with Crippen LogP contribution in [0.1, 0.15) is 19.3 Å². The highest BCUT2D eigenvalue weighted by molar-refractivity contribution is 8.03. The first kappa shape index (κ1) is 20.1. The van der Waals surface area contributed by atoms with Gasteiger partial charge >= 0.3 is 6.17 Å². The number of nitrogens with zero attached hydrogens (tertiary/aromatic N) is 4. The van der Waals surface area contributed by atoms with Gasteiger partial charge in [0, 0.05) is 56.2 Å². The number of carbonyl (C=O) groups excluding carboxylic acids is 1. The zero-order valence-corrected chi connectivity index (χ0v) is 17.7. The van der Waals surface area contributed by atoms with Gasteiger partial charge in [0.25, 0.3) is 5.03 Å². The SMILES string of the molecule is O=C1CCC[N+]2([O-])C(CCN3CCN(c4ccc(F)cc4)CC3)[N+](=O)C3=CC12CS3. The molecule has 1 spiro atoms. The molecule has 4 aliphatic rings. The molecule has 3 unspecified atom stereocenters. The number of hydrogen-bond donors (Lipinski definition) is 0. The third kappa shape index (κ3) is 3.02. The summed E-state index contributed by atoms with van der Waals surface area (Å²) < 4.78 is 13.3. The van der Waals surface area contributed by atoms with E-state index in [0.717, 1.165) is 36.6 Å². The lowest BCUT2D eigenvalue weighted by Crippen LogP contribution is -2.74. The van der Waals surface area contributed by atoms with Crippen molar-refractivity contribution in [1.29, 1.82) is 0 Å². The van der Waals surface area contributed by atoms with Crippen molar-refractivity contribution < 1.29 is 18.6 Å². The fourth-order valence-electron chi connectivity index (χ4n) is 5.32. The molecule has 0 saturated carbocycles. The summed E-state index contributed by atoms with van der Waals surface area (Å²) in [5, 5.41) is 14.5. The number of thioether (sulfide) groups is 1. The van der Waals surface area contributed by atoms with Crippen LogP contribution < -0.4 is 4.90 Å². The fourth-order valence-corrected chi connectivity index (χ4v) is 6.67. The Labute approximate surface area is 179 Å². The maximum atomic E-state index is 13.9. The Bertz CT molecular complexity index is 902. The highest BCUT2D eigenvalue weighted by Crippen LogP contribution is 2.51. The second-order valence-corrected chi connectivity index (χ2v) is 9.64. The zero-order chi connectivity index (χ0) is 20.9. The molecule has 1 aromatic carbocycles. The number of hydrogen-bond acceptors (Lipinski definition) is 6. The lowest BCUT2D eigenvalue weighted by atomic mass is 9.84. The molecule has 30 heavy (non-hydrogen) atoms. The van der Waals surface area contributed by atoms with Gasteiger partial charge in [-0.1, -0.05) is 0 Å². The number of rotatable bonds is 4. The molecule has 0 aliphatic carbocycles. The van der Waals surface area contributed by atoms with Crippen LogP contribution in [0, 0.1) is 15.9 Å². The molecule has 5 rings (SSSR count). The van der Waals surface area contributed by atoms with Crippen LogP contribution >= 0.6 is 11.8 Å². The third-order valence-corrected chi connectivity index (χ3v) is 8.27. The molecule has 7 nitrogen and oxygen atoms in total. The van der Waals surface area contributed by atoms with Crippen molar-refractivity contribution >= 4 is 23.2 Å². The summed E-state index contributed by atoms with van der Waals surface area (Å²) in [5.41, 5.74) is -0.0436. The molecule has 2 bridgehead atoms. The smallest absolute Gasteiger partial charge is 0.335 e. The number of anilines is 1. The first-order chi connectivity index (χ1) is 14.4. The van der Waals surface area contributed by atoms with Crippen molar-refractivity contribution in [1.82, 2.24) is 4.90 Å². The molecular formula is C21H26FN4O3S+. The first-order valence-corrected chi connectivity index (χ1v) is 11.6. The summed E-state index contributed by atoms with van der Waals surface area (Å²) in [6.07, 6.45) is 2.36. The van der Waals surface area contributed by atoms with Gasteiger partial charge in [0.05, 0.1) is 29.6 Å². The van der Waals surface area contributed by atoms with Crippen LogP contribution in [0.4, 0.5) is 10.1 Å². The monoisotopic (exact) mass is 433 g/mol. The van der Waals surface area contributed by atoms with Crippen LogP contribution in [0.2, 0.25) is 0 Å². The number of benzene rings is 1. The Kier molecular flexibility index (Phi) is 4.96. The van der Waals surface area contributed by atoms with Gasteiger partial charge < -0.3 is 10.1 Å². The minimum Gasteiger partial charge on any atom is -0.627 e. The summed E-state index contributed by atoms with van der Waals surface area (Å²) >= 11 is 1.35. The Hall–Kier alpha value is -1.81. The molecule has 3 atom stereocenters. The first-order valence-electron chi connectivity index (χ1n) is 10.6. The molecule has 4 aliphatic heterocycles. The molecule has 0 aromatic heterocycles. The predicted molar refractivity (Wildman–Crippen MR) is 113 cm³/mol. The highest BCUT2D eigenvalue weighted by atomic mass is 32.2. The second-order valence-electron chi connectivity index (χ2n) is 8.64. The number of piperazine rings is 1. The Morgan fingerprint density at radius 1 is 1.23 bits per heavy atom. The van der Waals surface area contributed by atoms with Gasteiger partial charge in [-0.15, -0.1) is 0 Å². The summed E-state index contributed by atoms with van der Waals surface area (Å²) in [6, 6.07) is 6.53. The van der Waals surface area contributed by atoms with Crippen molar-refractivity contribution in [2.75, 3.05) is 49.9 Å². The normalized spacial score (nSPS) is 34.1. The van der Waals surface area contributed by atoms with Gasteiger partial charge in [-0.2, -0.15) is 0 Å². The molecule has 2 saturated heterocycles. The van der Waals surface area contributed by atoms with E-state index in [2.05, 4.69) is 9.80 Å². The summed E-state index contributed by atoms with van der Waals surface area (Å²) in [5.74, 6) is 0.158. The van der Waals surface area contributed by atoms with E-state index in [1.54, 1.807) is 18.2 Å². The topological polar surface area (TPSA) is 66.7 Å². The molecule has 4 heterocycles. The molecule has 0 amide bonds. The average Bonchev–Trinajstić information content (AvgIpc) is 3.17. The molecule has 0 N–H and O–H groups in total. The quantitative estimate of drug-likeness (QED) is 0.413. The van der Waals surface area contributed by atoms with Crippen LogP contribution in [-0.2, 0) is 4.79 Å². The fraction of sp³-hybridized carbons (Fsp3) is 0.571. The van der Waals surface area contributed by atoms with E-state index in [1.165, 1.54) is 23.9 Å². The van der Waals surface area contributed by atoms with Crippen LogP contribution in [-0.4, -0.2) is 76.8 Å². The van der Waals surface area contributed by atoms with Crippen LogP contribution in [0.5, 0.6) is 0 Å². The summed E-state index contributed by atoms with van der Waals surface area (Å²) in [6.45, 7) is 4.27. The number of piperidine rings is 1. The molecule has 1 aromatic rings. The van der Waals surface area contributed by atoms with Crippen LogP contribution in [0.15, 0.2) is 35.4 Å². The second kappa shape index (κ2) is 7.40. The largest absolute Gasteiger partial charge is 0.627 e. The van der Waals surface area contributed by atoms with Crippen molar-refractivity contribution in [2.24, 2.45) is 0 Å². The number of halogens is 1. The lowest BCUT2D eigenvalue weighted by molar-refractivity contribution is -1.02. The van der Waals surface area contributed by atoms with Crippen LogP contribution in [0.25, 0.3) is 0 Å². The van der Waals surface area contributed by atoms with E-state index in [4.69, 9.17) is 0 Å². The molecule has 9 heteroatoms. The van der Waals surface area contributed by atoms with Gasteiger partial charge in [-0.25, -0.2) is 4.39 Å². The number of ketones is 1. The number of nitroso groups, excluding NO2 is 1. The molecule has 2 fully saturated rings. The molecule has 160 valence electrons. The third-order valence-electron chi connectivity index (χ3n) is 7.09.